The van der Waals surface area contributed by atoms with Gasteiger partial charge in [0.05, 0.1) is 87.6 Å². The van der Waals surface area contributed by atoms with Gasteiger partial charge in [-0.2, -0.15) is 34.2 Å². The molecule has 2 heterocycles. The fourth-order valence-electron chi connectivity index (χ4n) is 9.86. The van der Waals surface area contributed by atoms with Crippen molar-refractivity contribution in [3.63, 3.8) is 0 Å². The molecule has 0 aliphatic heterocycles. The summed E-state index contributed by atoms with van der Waals surface area (Å²) < 4.78 is 49.0. The summed E-state index contributed by atoms with van der Waals surface area (Å²) in [7, 11) is 0. The zero-order valence-corrected chi connectivity index (χ0v) is 37.5. The number of hydrogen-bond donors (Lipinski definition) is 0. The average molecular weight is 931 g/mol. The molecule has 0 spiro atoms. The van der Waals surface area contributed by atoms with Gasteiger partial charge < -0.3 is 9.13 Å². The van der Waals surface area contributed by atoms with Crippen molar-refractivity contribution in [3.8, 4) is 80.2 Å². The summed E-state index contributed by atoms with van der Waals surface area (Å²) in [5.41, 5.74) is 9.16. The molecule has 0 unspecified atom stereocenters. The monoisotopic (exact) mass is 930 g/mol. The molecule has 0 radical (unpaired) electrons. The number of rotatable bonds is 6. The van der Waals surface area contributed by atoms with E-state index in [1.54, 1.807) is 60.7 Å². The first kappa shape index (κ1) is 43.9. The maximum absolute atomic E-state index is 15.0. The Morgan fingerprint density at radius 2 is 0.806 bits per heavy atom. The summed E-state index contributed by atoms with van der Waals surface area (Å²) in [6.07, 6.45) is -4.80. The highest BCUT2D eigenvalue weighted by Gasteiger charge is 2.34. The molecule has 0 saturated heterocycles. The van der Waals surface area contributed by atoms with E-state index in [4.69, 9.17) is 13.1 Å². The van der Waals surface area contributed by atoms with Crippen LogP contribution in [0.4, 0.5) is 24.5 Å². The Labute approximate surface area is 409 Å². The van der Waals surface area contributed by atoms with Crippen LogP contribution in [0.25, 0.3) is 109 Å². The molecule has 334 valence electrons. The standard InChI is InChI=1S/C61H29F3N8/c1-69-45-23-38(34-67)21-43(27-45)40-14-19-57-52(29-40)48-7-3-5-9-55(48)71(57)59-26-37(33-66)12-17-50(59)51-18-13-42(47-16-11-36(32-65)25-54(47)61(62,63)64)31-60(51)72-56-10-6-4-8-49(56)53-30-41(15-20-58(53)72)44-22-39(35-68)24-46(28-44)70-2/h3-31H. The van der Waals surface area contributed by atoms with Gasteiger partial charge in [0.15, 0.2) is 11.4 Å². The first-order chi connectivity index (χ1) is 35.0. The second kappa shape index (κ2) is 17.1. The smallest absolute Gasteiger partial charge is 0.309 e. The van der Waals surface area contributed by atoms with E-state index in [2.05, 4.69) is 32.5 Å². The van der Waals surface area contributed by atoms with Crippen molar-refractivity contribution in [2.24, 2.45) is 0 Å². The number of para-hydroxylation sites is 2. The van der Waals surface area contributed by atoms with Crippen LogP contribution in [0.1, 0.15) is 27.8 Å². The Bertz CT molecular complexity index is 4350. The number of alkyl halides is 3. The van der Waals surface area contributed by atoms with E-state index in [9.17, 15) is 34.2 Å². The van der Waals surface area contributed by atoms with Gasteiger partial charge in [0.25, 0.3) is 0 Å². The SMILES string of the molecule is [C-]#[N+]c1cc(C#N)cc(-c2ccc3c(c2)c2ccccc2n3-c2cc(C#N)ccc2-c2ccc(-c3ccc(C#N)cc3C(F)(F)F)cc2-n2c3ccccc3c3cc(-c4cc(C#N)cc([N+]#[C-])c4)ccc32)c1. The zero-order chi connectivity index (χ0) is 49.8. The number of hydrogen-bond acceptors (Lipinski definition) is 4. The van der Waals surface area contributed by atoms with Gasteiger partial charge in [0.1, 0.15) is 0 Å². The van der Waals surface area contributed by atoms with Crippen LogP contribution in [0.5, 0.6) is 0 Å². The molecule has 11 aromatic rings. The lowest BCUT2D eigenvalue weighted by molar-refractivity contribution is -0.137. The van der Waals surface area contributed by atoms with Crippen LogP contribution < -0.4 is 0 Å². The molecule has 0 amide bonds. The molecular weight excluding hydrogens is 902 g/mol. The number of fused-ring (bicyclic) bond motifs is 6. The van der Waals surface area contributed by atoms with Crippen LogP contribution in [0.3, 0.4) is 0 Å². The predicted octanol–water partition coefficient (Wildman–Crippen LogP) is 16.2. The summed E-state index contributed by atoms with van der Waals surface area (Å²) in [4.78, 5) is 7.19. The molecule has 0 bridgehead atoms. The lowest BCUT2D eigenvalue weighted by atomic mass is 9.93. The quantitative estimate of drug-likeness (QED) is 0.154. The van der Waals surface area contributed by atoms with Gasteiger partial charge in [-0.05, 0) is 137 Å². The molecule has 0 saturated carbocycles. The minimum absolute atomic E-state index is 0.118. The normalized spacial score (nSPS) is 11.2. The molecule has 2 aromatic heterocycles. The third-order valence-corrected chi connectivity index (χ3v) is 13.0. The Morgan fingerprint density at radius 3 is 1.29 bits per heavy atom. The largest absolute Gasteiger partial charge is 0.417 e. The third kappa shape index (κ3) is 7.29. The predicted molar refractivity (Wildman–Crippen MR) is 273 cm³/mol. The molecule has 8 nitrogen and oxygen atoms in total. The molecule has 0 aliphatic rings. The van der Waals surface area contributed by atoms with E-state index in [0.29, 0.717) is 61.7 Å². The second-order valence-corrected chi connectivity index (χ2v) is 17.1. The highest BCUT2D eigenvalue weighted by atomic mass is 19.4. The second-order valence-electron chi connectivity index (χ2n) is 17.1. The van der Waals surface area contributed by atoms with Crippen molar-refractivity contribution in [1.29, 1.82) is 21.0 Å². The lowest BCUT2D eigenvalue weighted by Crippen LogP contribution is -2.08. The maximum Gasteiger partial charge on any atom is 0.417 e. The molecule has 0 atom stereocenters. The van der Waals surface area contributed by atoms with Gasteiger partial charge in [0, 0.05) is 43.8 Å². The summed E-state index contributed by atoms with van der Waals surface area (Å²) in [6.45, 7) is 15.3. The molecule has 11 heteroatoms. The van der Waals surface area contributed by atoms with Crippen LogP contribution >= 0.6 is 0 Å². The summed E-state index contributed by atoms with van der Waals surface area (Å²) in [6, 6.07) is 59.9. The van der Waals surface area contributed by atoms with Crippen molar-refractivity contribution in [1.82, 2.24) is 9.13 Å². The van der Waals surface area contributed by atoms with E-state index in [1.807, 2.05) is 102 Å². The van der Waals surface area contributed by atoms with Crippen molar-refractivity contribution < 1.29 is 13.2 Å². The minimum Gasteiger partial charge on any atom is -0.309 e. The molecule has 72 heavy (non-hydrogen) atoms. The molecule has 11 rings (SSSR count). The van der Waals surface area contributed by atoms with E-state index < -0.39 is 11.7 Å². The highest BCUT2D eigenvalue weighted by Crippen LogP contribution is 2.46. The molecule has 0 fully saturated rings. The van der Waals surface area contributed by atoms with Crippen LogP contribution in [-0.4, -0.2) is 9.13 Å². The fourth-order valence-corrected chi connectivity index (χ4v) is 9.86. The molecule has 0 aliphatic carbocycles. The van der Waals surface area contributed by atoms with E-state index >= 15 is 0 Å². The molecule has 9 aromatic carbocycles. The maximum atomic E-state index is 15.0. The Balaban J connectivity index is 1.21. The molecular formula is C61H29F3N8. The summed E-state index contributed by atoms with van der Waals surface area (Å²) in [5.74, 6) is 0. The summed E-state index contributed by atoms with van der Waals surface area (Å²) in [5, 5.41) is 43.1. The topological polar surface area (TPSA) is 114 Å². The Kier molecular flexibility index (Phi) is 10.4. The number of benzene rings is 9. The van der Waals surface area contributed by atoms with Gasteiger partial charge in [-0.1, -0.05) is 72.8 Å². The van der Waals surface area contributed by atoms with Gasteiger partial charge in [-0.25, -0.2) is 9.69 Å². The first-order valence-electron chi connectivity index (χ1n) is 22.3. The third-order valence-electron chi connectivity index (χ3n) is 13.0. The van der Waals surface area contributed by atoms with E-state index in [1.165, 1.54) is 18.2 Å². The van der Waals surface area contributed by atoms with Crippen molar-refractivity contribution in [2.45, 2.75) is 6.18 Å². The van der Waals surface area contributed by atoms with Crippen molar-refractivity contribution in [2.75, 3.05) is 0 Å². The van der Waals surface area contributed by atoms with Crippen LogP contribution in [0.2, 0.25) is 0 Å². The first-order valence-corrected chi connectivity index (χ1v) is 22.3. The number of nitrogens with zero attached hydrogens (tertiary/aromatic N) is 8. The van der Waals surface area contributed by atoms with Gasteiger partial charge in [0.2, 0.25) is 0 Å². The highest BCUT2D eigenvalue weighted by molar-refractivity contribution is 6.13. The Morgan fingerprint density at radius 1 is 0.375 bits per heavy atom. The minimum atomic E-state index is -4.80. The van der Waals surface area contributed by atoms with E-state index in [0.717, 1.165) is 60.8 Å². The van der Waals surface area contributed by atoms with Gasteiger partial charge >= 0.3 is 6.18 Å². The fraction of sp³-hybridized carbons (Fsp3) is 0.0164. The average Bonchev–Trinajstić information content (AvgIpc) is 3.94. The van der Waals surface area contributed by atoms with Crippen LogP contribution in [0.15, 0.2) is 176 Å². The van der Waals surface area contributed by atoms with Crippen molar-refractivity contribution >= 4 is 55.0 Å². The van der Waals surface area contributed by atoms with Crippen LogP contribution in [-0.2, 0) is 6.18 Å². The van der Waals surface area contributed by atoms with E-state index in [-0.39, 0.29) is 16.7 Å². The number of nitriles is 4. The molecule has 0 N–H and O–H groups in total. The zero-order valence-electron chi connectivity index (χ0n) is 37.5. The van der Waals surface area contributed by atoms with Crippen LogP contribution in [0, 0.1) is 58.5 Å². The van der Waals surface area contributed by atoms with Crippen molar-refractivity contribution in [3.05, 3.63) is 227 Å². The number of aromatic nitrogens is 2. The lowest BCUT2D eigenvalue weighted by Gasteiger charge is -2.21. The Hall–Kier alpha value is -10.7. The van der Waals surface area contributed by atoms with Gasteiger partial charge in [-0.15, -0.1) is 0 Å². The van der Waals surface area contributed by atoms with Gasteiger partial charge in [-0.3, -0.25) is 0 Å². The number of halogens is 3. The summed E-state index contributed by atoms with van der Waals surface area (Å²) >= 11 is 0.